The molecule has 140 valence electrons. The zero-order valence-electron chi connectivity index (χ0n) is 15.9. The van der Waals surface area contributed by atoms with E-state index in [4.69, 9.17) is 4.74 Å². The van der Waals surface area contributed by atoms with Crippen LogP contribution in [0, 0.1) is 0 Å². The van der Waals surface area contributed by atoms with Crippen LogP contribution in [0.15, 0.2) is 66.7 Å². The number of anilines is 1. The van der Waals surface area contributed by atoms with E-state index in [2.05, 4.69) is 36.2 Å². The molecule has 3 rings (SSSR count). The number of nitrogens with zero attached hydrogens (tertiary/aromatic N) is 1. The average molecular weight is 362 g/mol. The van der Waals surface area contributed by atoms with Gasteiger partial charge in [0, 0.05) is 17.6 Å². The van der Waals surface area contributed by atoms with E-state index in [0.29, 0.717) is 0 Å². The van der Waals surface area contributed by atoms with Gasteiger partial charge in [0.1, 0.15) is 5.75 Å². The highest BCUT2D eigenvalue weighted by molar-refractivity contribution is 5.93. The Hall–Kier alpha value is -2.85. The lowest BCUT2D eigenvalue weighted by Crippen LogP contribution is -2.22. The van der Waals surface area contributed by atoms with Crippen LogP contribution in [0.3, 0.4) is 0 Å². The smallest absolute Gasteiger partial charge is 0.262 e. The van der Waals surface area contributed by atoms with Gasteiger partial charge in [0.25, 0.3) is 5.91 Å². The molecule has 0 unspecified atom stereocenters. The Labute approximate surface area is 160 Å². The fraction of sp³-hybridized carbons (Fsp3) is 0.261. The number of fused-ring (bicyclic) bond motifs is 1. The van der Waals surface area contributed by atoms with Crippen LogP contribution in [-0.2, 0) is 11.3 Å². The van der Waals surface area contributed by atoms with E-state index in [9.17, 15) is 4.79 Å². The van der Waals surface area contributed by atoms with Crippen molar-refractivity contribution >= 4 is 22.4 Å². The van der Waals surface area contributed by atoms with Crippen molar-refractivity contribution in [3.8, 4) is 5.75 Å². The van der Waals surface area contributed by atoms with E-state index in [0.717, 1.165) is 41.8 Å². The molecule has 0 aliphatic carbocycles. The lowest BCUT2D eigenvalue weighted by atomic mass is 10.1. The zero-order chi connectivity index (χ0) is 19.1. The van der Waals surface area contributed by atoms with Crippen LogP contribution in [0.25, 0.3) is 10.8 Å². The summed E-state index contributed by atoms with van der Waals surface area (Å²) in [7, 11) is 0. The maximum atomic E-state index is 12.2. The third-order valence-corrected chi connectivity index (χ3v) is 4.65. The van der Waals surface area contributed by atoms with Crippen LogP contribution in [-0.4, -0.2) is 30.5 Å². The summed E-state index contributed by atoms with van der Waals surface area (Å²) in [6.07, 6.45) is 0. The minimum absolute atomic E-state index is 0.0186. The molecule has 3 aromatic rings. The van der Waals surface area contributed by atoms with E-state index in [1.54, 1.807) is 0 Å². The van der Waals surface area contributed by atoms with Crippen molar-refractivity contribution in [2.45, 2.75) is 20.4 Å². The summed E-state index contributed by atoms with van der Waals surface area (Å²) in [4.78, 5) is 14.6. The molecular weight excluding hydrogens is 336 g/mol. The Kier molecular flexibility index (Phi) is 6.44. The molecule has 0 radical (unpaired) electrons. The first kappa shape index (κ1) is 18.9. The second-order valence-corrected chi connectivity index (χ2v) is 6.47. The van der Waals surface area contributed by atoms with Gasteiger partial charge in [0.2, 0.25) is 0 Å². The van der Waals surface area contributed by atoms with Crippen molar-refractivity contribution in [3.63, 3.8) is 0 Å². The monoisotopic (exact) mass is 362 g/mol. The van der Waals surface area contributed by atoms with Gasteiger partial charge in [0.15, 0.2) is 6.61 Å². The first-order chi connectivity index (χ1) is 13.2. The number of ether oxygens (including phenoxy) is 1. The molecule has 0 fully saturated rings. The lowest BCUT2D eigenvalue weighted by molar-refractivity contribution is -0.118. The number of carbonyl (C=O) groups is 1. The highest BCUT2D eigenvalue weighted by Crippen LogP contribution is 2.25. The summed E-state index contributed by atoms with van der Waals surface area (Å²) < 4.78 is 5.74. The standard InChI is InChI=1S/C23H26N2O2/c1-3-25(4-2)16-18-12-14-20(15-13-18)24-23(26)17-27-22-11-7-9-19-8-5-6-10-21(19)22/h5-15H,3-4,16-17H2,1-2H3,(H,24,26). The summed E-state index contributed by atoms with van der Waals surface area (Å²) in [5, 5.41) is 5.00. The van der Waals surface area contributed by atoms with E-state index in [-0.39, 0.29) is 12.5 Å². The fourth-order valence-electron chi connectivity index (χ4n) is 3.06. The summed E-state index contributed by atoms with van der Waals surface area (Å²) in [6, 6.07) is 21.8. The van der Waals surface area contributed by atoms with E-state index < -0.39 is 0 Å². The van der Waals surface area contributed by atoms with Gasteiger partial charge in [-0.1, -0.05) is 62.4 Å². The van der Waals surface area contributed by atoms with Crippen LogP contribution in [0.1, 0.15) is 19.4 Å². The van der Waals surface area contributed by atoms with Gasteiger partial charge in [0.05, 0.1) is 0 Å². The molecule has 0 saturated heterocycles. The summed E-state index contributed by atoms with van der Waals surface area (Å²) in [6.45, 7) is 7.28. The van der Waals surface area contributed by atoms with Gasteiger partial charge in [-0.2, -0.15) is 0 Å². The molecule has 0 saturated carbocycles. The molecule has 0 atom stereocenters. The van der Waals surface area contributed by atoms with Crippen molar-refractivity contribution < 1.29 is 9.53 Å². The fourth-order valence-corrected chi connectivity index (χ4v) is 3.06. The van der Waals surface area contributed by atoms with Gasteiger partial charge in [-0.15, -0.1) is 0 Å². The molecule has 27 heavy (non-hydrogen) atoms. The largest absolute Gasteiger partial charge is 0.483 e. The van der Waals surface area contributed by atoms with E-state index in [1.165, 1.54) is 5.56 Å². The number of nitrogens with one attached hydrogen (secondary N) is 1. The number of carbonyl (C=O) groups excluding carboxylic acids is 1. The van der Waals surface area contributed by atoms with Gasteiger partial charge >= 0.3 is 0 Å². The van der Waals surface area contributed by atoms with Crippen molar-refractivity contribution in [2.75, 3.05) is 25.0 Å². The molecule has 4 nitrogen and oxygen atoms in total. The second kappa shape index (κ2) is 9.19. The Bertz CT molecular complexity index is 881. The maximum absolute atomic E-state index is 12.2. The zero-order valence-corrected chi connectivity index (χ0v) is 15.9. The number of hydrogen-bond acceptors (Lipinski definition) is 3. The Morgan fingerprint density at radius 2 is 1.63 bits per heavy atom. The highest BCUT2D eigenvalue weighted by Gasteiger charge is 2.07. The molecule has 3 aromatic carbocycles. The summed E-state index contributed by atoms with van der Waals surface area (Å²) >= 11 is 0. The SMILES string of the molecule is CCN(CC)Cc1ccc(NC(=O)COc2cccc3ccccc23)cc1. The topological polar surface area (TPSA) is 41.6 Å². The van der Waals surface area contributed by atoms with Gasteiger partial charge in [-0.05, 0) is 42.2 Å². The first-order valence-corrected chi connectivity index (χ1v) is 9.41. The molecule has 0 heterocycles. The van der Waals surface area contributed by atoms with Crippen LogP contribution < -0.4 is 10.1 Å². The number of rotatable bonds is 8. The average Bonchev–Trinajstić information content (AvgIpc) is 2.71. The number of amides is 1. The molecule has 1 amide bonds. The highest BCUT2D eigenvalue weighted by atomic mass is 16.5. The lowest BCUT2D eigenvalue weighted by Gasteiger charge is -2.18. The Morgan fingerprint density at radius 1 is 0.926 bits per heavy atom. The van der Waals surface area contributed by atoms with Crippen LogP contribution in [0.2, 0.25) is 0 Å². The van der Waals surface area contributed by atoms with E-state index in [1.807, 2.05) is 54.6 Å². The number of hydrogen-bond donors (Lipinski definition) is 1. The molecule has 0 bridgehead atoms. The Morgan fingerprint density at radius 3 is 2.37 bits per heavy atom. The molecule has 4 heteroatoms. The minimum Gasteiger partial charge on any atom is -0.483 e. The van der Waals surface area contributed by atoms with Gasteiger partial charge < -0.3 is 10.1 Å². The van der Waals surface area contributed by atoms with Crippen molar-refractivity contribution in [3.05, 3.63) is 72.3 Å². The normalized spacial score (nSPS) is 10.9. The summed E-state index contributed by atoms with van der Waals surface area (Å²) in [5.74, 6) is 0.553. The molecule has 0 aromatic heterocycles. The summed E-state index contributed by atoms with van der Waals surface area (Å²) in [5.41, 5.74) is 2.02. The molecular formula is C23H26N2O2. The van der Waals surface area contributed by atoms with E-state index >= 15 is 0 Å². The predicted octanol–water partition coefficient (Wildman–Crippen LogP) is 4.70. The quantitative estimate of drug-likeness (QED) is 0.631. The minimum atomic E-state index is -0.167. The third kappa shape index (κ3) is 5.08. The van der Waals surface area contributed by atoms with Crippen LogP contribution in [0.5, 0.6) is 5.75 Å². The molecule has 0 spiro atoms. The number of benzene rings is 3. The Balaban J connectivity index is 1.56. The van der Waals surface area contributed by atoms with Crippen molar-refractivity contribution in [1.29, 1.82) is 0 Å². The third-order valence-electron chi connectivity index (χ3n) is 4.65. The van der Waals surface area contributed by atoms with Crippen molar-refractivity contribution in [2.24, 2.45) is 0 Å². The molecule has 0 aliphatic rings. The van der Waals surface area contributed by atoms with Crippen LogP contribution >= 0.6 is 0 Å². The molecule has 0 aliphatic heterocycles. The van der Waals surface area contributed by atoms with Gasteiger partial charge in [-0.25, -0.2) is 0 Å². The van der Waals surface area contributed by atoms with Crippen molar-refractivity contribution in [1.82, 2.24) is 4.90 Å². The molecule has 1 N–H and O–H groups in total. The van der Waals surface area contributed by atoms with Crippen LogP contribution in [0.4, 0.5) is 5.69 Å². The first-order valence-electron chi connectivity index (χ1n) is 9.41. The second-order valence-electron chi connectivity index (χ2n) is 6.47. The maximum Gasteiger partial charge on any atom is 0.262 e. The predicted molar refractivity (Wildman–Crippen MR) is 111 cm³/mol. The van der Waals surface area contributed by atoms with Gasteiger partial charge in [-0.3, -0.25) is 9.69 Å².